The lowest BCUT2D eigenvalue weighted by atomic mass is 9.73. The van der Waals surface area contributed by atoms with E-state index in [2.05, 4.69) is 9.97 Å². The van der Waals surface area contributed by atoms with Crippen LogP contribution in [0.2, 0.25) is 5.02 Å². The summed E-state index contributed by atoms with van der Waals surface area (Å²) < 4.78 is 5.77. The minimum atomic E-state index is -0.176. The number of aromatic nitrogens is 2. The molecule has 0 radical (unpaired) electrons. The summed E-state index contributed by atoms with van der Waals surface area (Å²) in [6, 6.07) is 5.90. The molecule has 1 spiro atoms. The zero-order valence-corrected chi connectivity index (χ0v) is 17.6. The van der Waals surface area contributed by atoms with Crippen LogP contribution < -0.4 is 16.2 Å². The average molecular weight is 421 g/mol. The zero-order valence-electron chi connectivity index (χ0n) is 16.1. The molecule has 0 aliphatic carbocycles. The summed E-state index contributed by atoms with van der Waals surface area (Å²) >= 11 is 7.77. The number of aryl methyl sites for hydroxylation is 1. The Bertz CT molecular complexity index is 927. The maximum Gasteiger partial charge on any atom is 0.291 e. The SMILES string of the molecule is Cc1cccc(Sc2cnc(N3CCC4(CC3)CO[C@@H](C)[C@H]4N)c(=O)[nH]2)c1Cl. The van der Waals surface area contributed by atoms with E-state index in [9.17, 15) is 4.79 Å². The molecule has 150 valence electrons. The number of H-pyrrole nitrogens is 1. The van der Waals surface area contributed by atoms with Crippen molar-refractivity contribution in [3.8, 4) is 0 Å². The van der Waals surface area contributed by atoms with Crippen LogP contribution in [0, 0.1) is 12.3 Å². The molecular formula is C20H25ClN4O2S. The second-order valence-corrected chi connectivity index (χ2v) is 9.24. The third-order valence-electron chi connectivity index (χ3n) is 6.03. The summed E-state index contributed by atoms with van der Waals surface area (Å²) in [4.78, 5) is 23.0. The lowest BCUT2D eigenvalue weighted by Crippen LogP contribution is -2.51. The van der Waals surface area contributed by atoms with E-state index in [1.807, 2.05) is 36.9 Å². The van der Waals surface area contributed by atoms with Gasteiger partial charge >= 0.3 is 0 Å². The van der Waals surface area contributed by atoms with Crippen LogP contribution in [0.25, 0.3) is 0 Å². The van der Waals surface area contributed by atoms with Crippen LogP contribution >= 0.6 is 23.4 Å². The van der Waals surface area contributed by atoms with Gasteiger partial charge in [0.2, 0.25) is 0 Å². The van der Waals surface area contributed by atoms with Crippen molar-refractivity contribution in [2.24, 2.45) is 11.1 Å². The van der Waals surface area contributed by atoms with E-state index in [1.54, 1.807) is 6.20 Å². The van der Waals surface area contributed by atoms with Gasteiger partial charge in [-0.15, -0.1) is 0 Å². The Kier molecular flexibility index (Phi) is 5.44. The number of anilines is 1. The smallest absolute Gasteiger partial charge is 0.291 e. The Morgan fingerprint density at radius 1 is 1.39 bits per heavy atom. The van der Waals surface area contributed by atoms with E-state index >= 15 is 0 Å². The van der Waals surface area contributed by atoms with Gasteiger partial charge in [-0.25, -0.2) is 4.98 Å². The standard InChI is InChI=1S/C20H25ClN4O2S/c1-12-4-3-5-14(16(12)21)28-15-10-23-18(19(26)24-15)25-8-6-20(7-9-25)11-27-13(2)17(20)22/h3-5,10,13,17H,6-9,11,22H2,1-2H3,(H,24,26)/t13-,17+/m0/s1. The molecule has 2 fully saturated rings. The van der Waals surface area contributed by atoms with Gasteiger partial charge < -0.3 is 20.4 Å². The second-order valence-electron chi connectivity index (χ2n) is 7.78. The monoisotopic (exact) mass is 420 g/mol. The van der Waals surface area contributed by atoms with Crippen molar-refractivity contribution in [1.29, 1.82) is 0 Å². The van der Waals surface area contributed by atoms with Crippen LogP contribution in [0.1, 0.15) is 25.3 Å². The van der Waals surface area contributed by atoms with Gasteiger partial charge in [0.05, 0.1) is 29.0 Å². The van der Waals surface area contributed by atoms with Crippen LogP contribution in [0.15, 0.2) is 39.1 Å². The predicted octanol–water partition coefficient (Wildman–Crippen LogP) is 3.22. The first-order valence-corrected chi connectivity index (χ1v) is 10.7. The summed E-state index contributed by atoms with van der Waals surface area (Å²) in [6.45, 7) is 6.22. The quantitative estimate of drug-likeness (QED) is 0.793. The van der Waals surface area contributed by atoms with Crippen molar-refractivity contribution in [3.05, 3.63) is 45.3 Å². The highest BCUT2D eigenvalue weighted by molar-refractivity contribution is 7.99. The largest absolute Gasteiger partial charge is 0.376 e. The van der Waals surface area contributed by atoms with Crippen LogP contribution in [0.5, 0.6) is 0 Å². The van der Waals surface area contributed by atoms with Gasteiger partial charge in [0.15, 0.2) is 5.82 Å². The number of benzene rings is 1. The Morgan fingerprint density at radius 3 is 2.79 bits per heavy atom. The van der Waals surface area contributed by atoms with Gasteiger partial charge in [-0.3, -0.25) is 4.79 Å². The van der Waals surface area contributed by atoms with Crippen LogP contribution in [0.4, 0.5) is 5.82 Å². The Hall–Kier alpha value is -1.54. The van der Waals surface area contributed by atoms with Crippen LogP contribution in [0.3, 0.4) is 0 Å². The molecule has 1 aromatic carbocycles. The number of aromatic amines is 1. The lowest BCUT2D eigenvalue weighted by molar-refractivity contribution is 0.0974. The first-order chi connectivity index (χ1) is 13.4. The van der Waals surface area contributed by atoms with E-state index in [1.165, 1.54) is 11.8 Å². The summed E-state index contributed by atoms with van der Waals surface area (Å²) in [5.41, 5.74) is 7.23. The molecule has 2 aromatic rings. The molecule has 4 rings (SSSR count). The predicted molar refractivity (Wildman–Crippen MR) is 112 cm³/mol. The molecule has 2 aliphatic heterocycles. The van der Waals surface area contributed by atoms with E-state index in [4.69, 9.17) is 22.1 Å². The fourth-order valence-electron chi connectivity index (χ4n) is 4.11. The Balaban J connectivity index is 1.47. The van der Waals surface area contributed by atoms with E-state index < -0.39 is 0 Å². The normalized spacial score (nSPS) is 24.1. The summed E-state index contributed by atoms with van der Waals surface area (Å²) in [6.07, 6.45) is 3.62. The molecule has 0 bridgehead atoms. The second kappa shape index (κ2) is 7.71. The number of halogens is 1. The Morgan fingerprint density at radius 2 is 2.14 bits per heavy atom. The zero-order chi connectivity index (χ0) is 19.9. The van der Waals surface area contributed by atoms with Crippen LogP contribution in [-0.2, 0) is 4.74 Å². The molecule has 3 heterocycles. The van der Waals surface area contributed by atoms with Crippen molar-refractivity contribution in [1.82, 2.24) is 9.97 Å². The van der Waals surface area contributed by atoms with Crippen molar-refractivity contribution < 1.29 is 4.74 Å². The fourth-order valence-corrected chi connectivity index (χ4v) is 5.24. The van der Waals surface area contributed by atoms with Crippen LogP contribution in [-0.4, -0.2) is 41.8 Å². The minimum Gasteiger partial charge on any atom is -0.376 e. The number of nitrogens with one attached hydrogen (secondary N) is 1. The van der Waals surface area contributed by atoms with Crippen molar-refractivity contribution >= 4 is 29.2 Å². The number of hydrogen-bond donors (Lipinski definition) is 2. The molecule has 6 nitrogen and oxygen atoms in total. The molecule has 1 aromatic heterocycles. The van der Waals surface area contributed by atoms with Crippen molar-refractivity contribution in [2.75, 3.05) is 24.6 Å². The van der Waals surface area contributed by atoms with Gasteiger partial charge in [-0.1, -0.05) is 35.5 Å². The molecule has 2 aliphatic rings. The highest BCUT2D eigenvalue weighted by atomic mass is 35.5. The van der Waals surface area contributed by atoms with E-state index in [0.717, 1.165) is 36.4 Å². The maximum absolute atomic E-state index is 12.7. The third-order valence-corrected chi connectivity index (χ3v) is 7.63. The van der Waals surface area contributed by atoms with Gasteiger partial charge in [-0.2, -0.15) is 0 Å². The number of ether oxygens (including phenoxy) is 1. The molecular weight excluding hydrogens is 396 g/mol. The van der Waals surface area contributed by atoms with E-state index in [0.29, 0.717) is 22.5 Å². The fraction of sp³-hybridized carbons (Fsp3) is 0.500. The average Bonchev–Trinajstić information content (AvgIpc) is 2.95. The Labute approximate surface area is 173 Å². The number of piperidine rings is 1. The first-order valence-electron chi connectivity index (χ1n) is 9.54. The number of rotatable bonds is 3. The molecule has 28 heavy (non-hydrogen) atoms. The number of nitrogens with two attached hydrogens (primary N) is 1. The topological polar surface area (TPSA) is 84.2 Å². The molecule has 0 amide bonds. The molecule has 0 saturated carbocycles. The van der Waals surface area contributed by atoms with Crippen molar-refractivity contribution in [3.63, 3.8) is 0 Å². The van der Waals surface area contributed by atoms with Gasteiger partial charge in [0, 0.05) is 29.4 Å². The molecule has 2 saturated heterocycles. The molecule has 2 atom stereocenters. The summed E-state index contributed by atoms with van der Waals surface area (Å²) in [5.74, 6) is 0.468. The number of hydrogen-bond acceptors (Lipinski definition) is 6. The molecule has 8 heteroatoms. The van der Waals surface area contributed by atoms with Gasteiger partial charge in [-0.05, 0) is 38.3 Å². The summed E-state index contributed by atoms with van der Waals surface area (Å²) in [7, 11) is 0. The first kappa shape index (κ1) is 19.8. The molecule has 3 N–H and O–H groups in total. The molecule has 0 unspecified atom stereocenters. The van der Waals surface area contributed by atoms with Crippen molar-refractivity contribution in [2.45, 2.75) is 48.8 Å². The summed E-state index contributed by atoms with van der Waals surface area (Å²) in [5, 5.41) is 1.37. The number of nitrogens with zero attached hydrogens (tertiary/aromatic N) is 2. The highest BCUT2D eigenvalue weighted by Crippen LogP contribution is 2.41. The van der Waals surface area contributed by atoms with Gasteiger partial charge in [0.1, 0.15) is 0 Å². The van der Waals surface area contributed by atoms with Gasteiger partial charge in [0.25, 0.3) is 5.56 Å². The van der Waals surface area contributed by atoms with E-state index in [-0.39, 0.29) is 23.1 Å². The maximum atomic E-state index is 12.7. The lowest BCUT2D eigenvalue weighted by Gasteiger charge is -2.41. The third kappa shape index (κ3) is 3.56. The highest BCUT2D eigenvalue weighted by Gasteiger charge is 2.47. The minimum absolute atomic E-state index is 0.0282.